The second kappa shape index (κ2) is 5.53. The molecule has 0 radical (unpaired) electrons. The van der Waals surface area contributed by atoms with Crippen LogP contribution >= 0.6 is 0 Å². The van der Waals surface area contributed by atoms with E-state index in [0.29, 0.717) is 5.82 Å². The van der Waals surface area contributed by atoms with E-state index in [2.05, 4.69) is 4.98 Å². The van der Waals surface area contributed by atoms with Crippen molar-refractivity contribution in [2.75, 3.05) is 0 Å². The zero-order valence-corrected chi connectivity index (χ0v) is 12.4. The molecule has 21 heavy (non-hydrogen) atoms. The fraction of sp³-hybridized carbons (Fsp3) is 0.308. The number of hydrogen-bond acceptors (Lipinski definition) is 3. The van der Waals surface area contributed by atoms with Gasteiger partial charge in [0.25, 0.3) is 10.0 Å². The lowest BCUT2D eigenvalue weighted by Crippen LogP contribution is -2.12. The van der Waals surface area contributed by atoms with Gasteiger partial charge in [-0.25, -0.2) is 27.3 Å². The molecular weight excluding hydrogens is 300 g/mol. The van der Waals surface area contributed by atoms with Gasteiger partial charge in [-0.3, -0.25) is 0 Å². The van der Waals surface area contributed by atoms with Gasteiger partial charge in [0.05, 0.1) is 6.54 Å². The van der Waals surface area contributed by atoms with E-state index in [0.717, 1.165) is 12.1 Å². The molecule has 0 atom stereocenters. The molecule has 0 amide bonds. The number of halogens is 2. The lowest BCUT2D eigenvalue weighted by Gasteiger charge is -2.10. The minimum atomic E-state index is -3.93. The number of aromatic nitrogens is 2. The Labute approximate surface area is 121 Å². The highest BCUT2D eigenvalue weighted by atomic mass is 32.2. The molecule has 114 valence electrons. The molecule has 0 aliphatic rings. The van der Waals surface area contributed by atoms with E-state index in [-0.39, 0.29) is 23.1 Å². The van der Waals surface area contributed by atoms with Crippen molar-refractivity contribution in [1.82, 2.24) is 9.55 Å². The fourth-order valence-corrected chi connectivity index (χ4v) is 2.46. The molecule has 8 heteroatoms. The molecule has 0 unspecified atom stereocenters. The van der Waals surface area contributed by atoms with Crippen LogP contribution in [0.15, 0.2) is 29.4 Å². The van der Waals surface area contributed by atoms with E-state index < -0.39 is 21.7 Å². The summed E-state index contributed by atoms with van der Waals surface area (Å²) in [5.41, 5.74) is 0.233. The maximum absolute atomic E-state index is 13.7. The summed E-state index contributed by atoms with van der Waals surface area (Å²) >= 11 is 0. The van der Waals surface area contributed by atoms with Crippen molar-refractivity contribution in [3.8, 4) is 0 Å². The van der Waals surface area contributed by atoms with Crippen molar-refractivity contribution in [2.24, 2.45) is 5.14 Å². The molecule has 2 N–H and O–H groups in total. The first-order chi connectivity index (χ1) is 9.68. The molecule has 0 bridgehead atoms. The molecule has 1 heterocycles. The van der Waals surface area contributed by atoms with Gasteiger partial charge < -0.3 is 4.57 Å². The molecule has 0 spiro atoms. The number of nitrogens with two attached hydrogens (primary N) is 1. The molecule has 2 aromatic rings. The van der Waals surface area contributed by atoms with E-state index in [4.69, 9.17) is 5.14 Å². The Kier molecular flexibility index (Phi) is 4.11. The Morgan fingerprint density at radius 2 is 2.00 bits per heavy atom. The first kappa shape index (κ1) is 15.6. The number of sulfonamides is 1. The number of primary sulfonamides is 1. The predicted octanol–water partition coefficient (Wildman–Crippen LogP) is 1.98. The van der Waals surface area contributed by atoms with Crippen molar-refractivity contribution < 1.29 is 17.2 Å². The van der Waals surface area contributed by atoms with E-state index in [1.54, 1.807) is 0 Å². The van der Waals surface area contributed by atoms with Gasteiger partial charge in [0.15, 0.2) is 5.03 Å². The largest absolute Gasteiger partial charge is 0.329 e. The van der Waals surface area contributed by atoms with Crippen LogP contribution in [0.5, 0.6) is 0 Å². The summed E-state index contributed by atoms with van der Waals surface area (Å²) in [6.45, 7) is 3.70. The third-order valence-electron chi connectivity index (χ3n) is 2.95. The SMILES string of the molecule is CC(C)c1nc(S(N)(=O)=O)cn1Cc1ccc(F)cc1F. The minimum Gasteiger partial charge on any atom is -0.329 e. The molecule has 2 rings (SSSR count). The lowest BCUT2D eigenvalue weighted by atomic mass is 10.2. The Bertz CT molecular complexity index is 770. The highest BCUT2D eigenvalue weighted by molar-refractivity contribution is 7.89. The molecule has 0 aliphatic heterocycles. The smallest absolute Gasteiger partial charge is 0.257 e. The first-order valence-electron chi connectivity index (χ1n) is 6.22. The van der Waals surface area contributed by atoms with Crippen LogP contribution in [0.3, 0.4) is 0 Å². The van der Waals surface area contributed by atoms with Crippen molar-refractivity contribution >= 4 is 10.0 Å². The maximum atomic E-state index is 13.7. The third kappa shape index (κ3) is 3.45. The van der Waals surface area contributed by atoms with Gasteiger partial charge in [0.2, 0.25) is 0 Å². The van der Waals surface area contributed by atoms with Crippen LogP contribution in [-0.2, 0) is 16.6 Å². The van der Waals surface area contributed by atoms with E-state index in [9.17, 15) is 17.2 Å². The summed E-state index contributed by atoms with van der Waals surface area (Å²) < 4.78 is 50.8. The van der Waals surface area contributed by atoms with Gasteiger partial charge in [-0.2, -0.15) is 0 Å². The van der Waals surface area contributed by atoms with Crippen molar-refractivity contribution in [2.45, 2.75) is 31.3 Å². The average Bonchev–Trinajstić information content (AvgIpc) is 2.76. The van der Waals surface area contributed by atoms with Gasteiger partial charge in [0.1, 0.15) is 17.5 Å². The zero-order chi connectivity index (χ0) is 15.8. The molecule has 0 aliphatic carbocycles. The molecular formula is C13H15F2N3O2S. The summed E-state index contributed by atoms with van der Waals surface area (Å²) in [7, 11) is -3.93. The van der Waals surface area contributed by atoms with Gasteiger partial charge in [-0.15, -0.1) is 0 Å². The standard InChI is InChI=1S/C13H15F2N3O2S/c1-8(2)13-17-12(21(16,19)20)7-18(13)6-9-3-4-10(14)5-11(9)15/h3-5,7-8H,6H2,1-2H3,(H2,16,19,20). The summed E-state index contributed by atoms with van der Waals surface area (Å²) in [6.07, 6.45) is 1.26. The zero-order valence-electron chi connectivity index (χ0n) is 11.5. The molecule has 5 nitrogen and oxygen atoms in total. The molecule has 0 fully saturated rings. The number of nitrogens with zero attached hydrogens (tertiary/aromatic N) is 2. The summed E-state index contributed by atoms with van der Waals surface area (Å²) in [5, 5.41) is 4.79. The minimum absolute atomic E-state index is 0.0438. The van der Waals surface area contributed by atoms with Crippen LogP contribution in [-0.4, -0.2) is 18.0 Å². The Morgan fingerprint density at radius 3 is 2.52 bits per heavy atom. The number of rotatable bonds is 4. The highest BCUT2D eigenvalue weighted by Gasteiger charge is 2.19. The summed E-state index contributed by atoms with van der Waals surface area (Å²) in [5.74, 6) is -0.987. The molecule has 0 saturated heterocycles. The van der Waals surface area contributed by atoms with Crippen LogP contribution in [0.2, 0.25) is 0 Å². The van der Waals surface area contributed by atoms with Crippen molar-refractivity contribution in [1.29, 1.82) is 0 Å². The third-order valence-corrected chi connectivity index (χ3v) is 3.73. The highest BCUT2D eigenvalue weighted by Crippen LogP contribution is 2.19. The van der Waals surface area contributed by atoms with Gasteiger partial charge in [-0.1, -0.05) is 19.9 Å². The quantitative estimate of drug-likeness (QED) is 0.937. The second-order valence-corrected chi connectivity index (χ2v) is 6.51. The van der Waals surface area contributed by atoms with Gasteiger partial charge in [0, 0.05) is 23.7 Å². The van der Waals surface area contributed by atoms with Crippen LogP contribution in [0, 0.1) is 11.6 Å². The predicted molar refractivity (Wildman–Crippen MR) is 73.1 cm³/mol. The second-order valence-electron chi connectivity index (χ2n) is 5.00. The molecule has 0 saturated carbocycles. The van der Waals surface area contributed by atoms with E-state index >= 15 is 0 Å². The molecule has 1 aromatic carbocycles. The fourth-order valence-electron chi connectivity index (χ4n) is 1.96. The number of imidazole rings is 1. The normalized spacial score (nSPS) is 12.1. The average molecular weight is 315 g/mol. The van der Waals surface area contributed by atoms with Crippen LogP contribution in [0.4, 0.5) is 8.78 Å². The van der Waals surface area contributed by atoms with Crippen molar-refractivity contribution in [3.63, 3.8) is 0 Å². The van der Waals surface area contributed by atoms with Gasteiger partial charge in [-0.05, 0) is 6.07 Å². The monoisotopic (exact) mass is 315 g/mol. The van der Waals surface area contributed by atoms with Crippen LogP contribution in [0.25, 0.3) is 0 Å². The molecule has 1 aromatic heterocycles. The Morgan fingerprint density at radius 1 is 1.33 bits per heavy atom. The topological polar surface area (TPSA) is 78.0 Å². The van der Waals surface area contributed by atoms with Crippen LogP contribution < -0.4 is 5.14 Å². The van der Waals surface area contributed by atoms with Crippen LogP contribution in [0.1, 0.15) is 31.2 Å². The van der Waals surface area contributed by atoms with E-state index in [1.807, 2.05) is 13.8 Å². The Balaban J connectivity index is 2.45. The van der Waals surface area contributed by atoms with Gasteiger partial charge >= 0.3 is 0 Å². The summed E-state index contributed by atoms with van der Waals surface area (Å²) in [6, 6.07) is 3.23. The summed E-state index contributed by atoms with van der Waals surface area (Å²) in [4.78, 5) is 3.98. The number of hydrogen-bond donors (Lipinski definition) is 1. The lowest BCUT2D eigenvalue weighted by molar-refractivity contribution is 0.561. The van der Waals surface area contributed by atoms with Crippen molar-refractivity contribution in [3.05, 3.63) is 47.4 Å². The van der Waals surface area contributed by atoms with E-state index in [1.165, 1.54) is 16.8 Å². The first-order valence-corrected chi connectivity index (χ1v) is 7.77. The Hall–Kier alpha value is -1.80. The maximum Gasteiger partial charge on any atom is 0.257 e. The number of benzene rings is 1.